The number of hydrogen-bond donors (Lipinski definition) is 1. The highest BCUT2D eigenvalue weighted by Crippen LogP contribution is 2.10. The van der Waals surface area contributed by atoms with Crippen molar-refractivity contribution in [2.24, 2.45) is 5.73 Å². The number of rotatable bonds is 3. The summed E-state index contributed by atoms with van der Waals surface area (Å²) in [7, 11) is 0. The van der Waals surface area contributed by atoms with Crippen LogP contribution in [0, 0.1) is 0 Å². The van der Waals surface area contributed by atoms with E-state index >= 15 is 0 Å². The fraction of sp³-hybridized carbons (Fsp3) is 0.500. The first-order valence-electron chi connectivity index (χ1n) is 6.36. The lowest BCUT2D eigenvalue weighted by Gasteiger charge is -2.35. The third-order valence-corrected chi connectivity index (χ3v) is 3.27. The molecule has 2 atom stereocenters. The highest BCUT2D eigenvalue weighted by Gasteiger charge is 2.27. The van der Waals surface area contributed by atoms with Gasteiger partial charge in [0.05, 0.1) is 25.3 Å². The molecule has 1 aromatic rings. The molecule has 1 heterocycles. The second kappa shape index (κ2) is 5.98. The van der Waals surface area contributed by atoms with Gasteiger partial charge in [-0.15, -0.1) is 0 Å². The predicted octanol–water partition coefficient (Wildman–Crippen LogP) is 0.804. The molecular weight excluding hydrogens is 228 g/mol. The molecule has 1 aliphatic rings. The Labute approximate surface area is 108 Å². The van der Waals surface area contributed by atoms with Crippen molar-refractivity contribution in [1.82, 2.24) is 4.90 Å². The maximum absolute atomic E-state index is 12.3. The summed E-state index contributed by atoms with van der Waals surface area (Å²) >= 11 is 0. The van der Waals surface area contributed by atoms with Crippen LogP contribution in [0.2, 0.25) is 0 Å². The molecule has 1 fully saturated rings. The van der Waals surface area contributed by atoms with E-state index in [1.807, 2.05) is 42.2 Å². The van der Waals surface area contributed by atoms with Crippen LogP contribution >= 0.6 is 0 Å². The molecule has 0 aromatic heterocycles. The van der Waals surface area contributed by atoms with Gasteiger partial charge >= 0.3 is 0 Å². The molecule has 98 valence electrons. The molecule has 0 aliphatic carbocycles. The Bertz CT molecular complexity index is 394. The van der Waals surface area contributed by atoms with Crippen LogP contribution in [0.1, 0.15) is 12.5 Å². The zero-order valence-electron chi connectivity index (χ0n) is 10.7. The van der Waals surface area contributed by atoms with E-state index in [1.54, 1.807) is 0 Å². The standard InChI is InChI=1S/C14H20N2O2/c1-11-10-18-8-7-16(11)14(17)13(15)9-12-5-3-2-4-6-12/h2-6,11,13H,7-10,15H2,1H3/t11?,13-/m0/s1. The van der Waals surface area contributed by atoms with Crippen LogP contribution in [-0.4, -0.2) is 42.6 Å². The highest BCUT2D eigenvalue weighted by molar-refractivity contribution is 5.82. The summed E-state index contributed by atoms with van der Waals surface area (Å²) in [6, 6.07) is 9.53. The third-order valence-electron chi connectivity index (χ3n) is 3.27. The van der Waals surface area contributed by atoms with Gasteiger partial charge in [0.1, 0.15) is 0 Å². The number of nitrogens with two attached hydrogens (primary N) is 1. The molecule has 1 unspecified atom stereocenters. The topological polar surface area (TPSA) is 55.6 Å². The van der Waals surface area contributed by atoms with Gasteiger partial charge in [0.25, 0.3) is 0 Å². The van der Waals surface area contributed by atoms with Crippen molar-refractivity contribution < 1.29 is 9.53 Å². The Morgan fingerprint density at radius 1 is 1.50 bits per heavy atom. The third kappa shape index (κ3) is 3.09. The Kier molecular flexibility index (Phi) is 4.33. The van der Waals surface area contributed by atoms with Gasteiger partial charge in [-0.2, -0.15) is 0 Å². The van der Waals surface area contributed by atoms with Gasteiger partial charge in [-0.3, -0.25) is 4.79 Å². The average molecular weight is 248 g/mol. The summed E-state index contributed by atoms with van der Waals surface area (Å²) < 4.78 is 5.33. The van der Waals surface area contributed by atoms with E-state index in [1.165, 1.54) is 0 Å². The van der Waals surface area contributed by atoms with Gasteiger partial charge in [-0.1, -0.05) is 30.3 Å². The van der Waals surface area contributed by atoms with Crippen molar-refractivity contribution in [3.8, 4) is 0 Å². The summed E-state index contributed by atoms with van der Waals surface area (Å²) in [5, 5.41) is 0. The molecular formula is C14H20N2O2. The number of amides is 1. The fourth-order valence-corrected chi connectivity index (χ4v) is 2.22. The second-order valence-electron chi connectivity index (χ2n) is 4.75. The smallest absolute Gasteiger partial charge is 0.240 e. The lowest BCUT2D eigenvalue weighted by atomic mass is 10.0. The monoisotopic (exact) mass is 248 g/mol. The fourth-order valence-electron chi connectivity index (χ4n) is 2.22. The number of benzene rings is 1. The van der Waals surface area contributed by atoms with Crippen LogP contribution in [0.15, 0.2) is 30.3 Å². The first-order valence-corrected chi connectivity index (χ1v) is 6.36. The molecule has 1 saturated heterocycles. The molecule has 2 rings (SSSR count). The maximum Gasteiger partial charge on any atom is 0.240 e. The van der Waals surface area contributed by atoms with Gasteiger partial charge < -0.3 is 15.4 Å². The van der Waals surface area contributed by atoms with Crippen molar-refractivity contribution in [2.75, 3.05) is 19.8 Å². The molecule has 0 spiro atoms. The van der Waals surface area contributed by atoms with Crippen molar-refractivity contribution >= 4 is 5.91 Å². The van der Waals surface area contributed by atoms with Crippen LogP contribution in [0.4, 0.5) is 0 Å². The Hall–Kier alpha value is -1.39. The van der Waals surface area contributed by atoms with Gasteiger partial charge in [-0.05, 0) is 18.9 Å². The van der Waals surface area contributed by atoms with Gasteiger partial charge in [0.15, 0.2) is 0 Å². The Morgan fingerprint density at radius 3 is 2.89 bits per heavy atom. The maximum atomic E-state index is 12.3. The number of carbonyl (C=O) groups is 1. The van der Waals surface area contributed by atoms with E-state index in [2.05, 4.69) is 0 Å². The van der Waals surface area contributed by atoms with E-state index in [4.69, 9.17) is 10.5 Å². The summed E-state index contributed by atoms with van der Waals surface area (Å²) in [5.41, 5.74) is 7.11. The molecule has 0 radical (unpaired) electrons. The molecule has 1 aliphatic heterocycles. The van der Waals surface area contributed by atoms with E-state index in [0.717, 1.165) is 5.56 Å². The SMILES string of the molecule is CC1COCCN1C(=O)[C@@H](N)Cc1ccccc1. The van der Waals surface area contributed by atoms with Crippen LogP contribution in [0.3, 0.4) is 0 Å². The normalized spacial score (nSPS) is 21.7. The Morgan fingerprint density at radius 2 is 2.22 bits per heavy atom. The molecule has 4 heteroatoms. The number of morpholine rings is 1. The lowest BCUT2D eigenvalue weighted by Crippen LogP contribution is -2.53. The van der Waals surface area contributed by atoms with Crippen LogP contribution < -0.4 is 5.73 Å². The summed E-state index contributed by atoms with van der Waals surface area (Å²) in [6.45, 7) is 3.84. The van der Waals surface area contributed by atoms with E-state index in [-0.39, 0.29) is 11.9 Å². The van der Waals surface area contributed by atoms with Crippen molar-refractivity contribution in [1.29, 1.82) is 0 Å². The largest absolute Gasteiger partial charge is 0.377 e. The molecule has 1 aromatic carbocycles. The molecule has 18 heavy (non-hydrogen) atoms. The van der Waals surface area contributed by atoms with Crippen LogP contribution in [0.25, 0.3) is 0 Å². The summed E-state index contributed by atoms with van der Waals surface area (Å²) in [5.74, 6) is 0.0228. The summed E-state index contributed by atoms with van der Waals surface area (Å²) in [6.07, 6.45) is 0.587. The first-order chi connectivity index (χ1) is 8.68. The van der Waals surface area contributed by atoms with Crippen LogP contribution in [-0.2, 0) is 16.0 Å². The minimum atomic E-state index is -0.465. The van der Waals surface area contributed by atoms with Gasteiger partial charge in [-0.25, -0.2) is 0 Å². The lowest BCUT2D eigenvalue weighted by molar-refractivity contribution is -0.140. The quantitative estimate of drug-likeness (QED) is 0.861. The first kappa shape index (κ1) is 13.1. The molecule has 0 bridgehead atoms. The molecule has 1 amide bonds. The zero-order valence-corrected chi connectivity index (χ0v) is 10.7. The minimum absolute atomic E-state index is 0.0228. The number of nitrogens with zero attached hydrogens (tertiary/aromatic N) is 1. The Balaban J connectivity index is 1.96. The average Bonchev–Trinajstić information content (AvgIpc) is 2.39. The molecule has 2 N–H and O–H groups in total. The number of carbonyl (C=O) groups excluding carboxylic acids is 1. The van der Waals surface area contributed by atoms with Crippen LogP contribution in [0.5, 0.6) is 0 Å². The highest BCUT2D eigenvalue weighted by atomic mass is 16.5. The van der Waals surface area contributed by atoms with Crippen molar-refractivity contribution in [2.45, 2.75) is 25.4 Å². The zero-order chi connectivity index (χ0) is 13.0. The molecule has 4 nitrogen and oxygen atoms in total. The molecule has 0 saturated carbocycles. The van der Waals surface area contributed by atoms with Crippen molar-refractivity contribution in [3.05, 3.63) is 35.9 Å². The predicted molar refractivity (Wildman–Crippen MR) is 70.1 cm³/mol. The van der Waals surface area contributed by atoms with Crippen molar-refractivity contribution in [3.63, 3.8) is 0 Å². The van der Waals surface area contributed by atoms with E-state index in [0.29, 0.717) is 26.2 Å². The minimum Gasteiger partial charge on any atom is -0.377 e. The second-order valence-corrected chi connectivity index (χ2v) is 4.75. The van der Waals surface area contributed by atoms with Gasteiger partial charge in [0.2, 0.25) is 5.91 Å². The van der Waals surface area contributed by atoms with Gasteiger partial charge in [0, 0.05) is 6.54 Å². The van der Waals surface area contributed by atoms with E-state index < -0.39 is 6.04 Å². The number of ether oxygens (including phenoxy) is 1. The van der Waals surface area contributed by atoms with E-state index in [9.17, 15) is 4.79 Å². The summed E-state index contributed by atoms with van der Waals surface area (Å²) in [4.78, 5) is 14.1. The number of hydrogen-bond acceptors (Lipinski definition) is 3.